The minimum absolute atomic E-state index is 0.0137. The fraction of sp³-hybridized carbons (Fsp3) is 0.333. The number of nitrogens with zero attached hydrogens (tertiary/aromatic N) is 4. The number of nitrogens with one attached hydrogen (secondary N) is 1. The van der Waals surface area contributed by atoms with Crippen LogP contribution in [-0.2, 0) is 13.5 Å². The fourth-order valence-corrected chi connectivity index (χ4v) is 1.75. The lowest BCUT2D eigenvalue weighted by atomic mass is 10.2. The number of nitro groups is 1. The molecule has 0 saturated carbocycles. The molecule has 0 saturated heterocycles. The monoisotopic (exact) mass is 277 g/mol. The molecule has 0 spiro atoms. The Bertz CT molecular complexity index is 611. The van der Waals surface area contributed by atoms with Crippen molar-refractivity contribution in [1.82, 2.24) is 14.8 Å². The molecule has 0 unspecified atom stereocenters. The first-order chi connectivity index (χ1) is 9.60. The number of hydrogen-bond acceptors (Lipinski definition) is 6. The molecule has 0 aliphatic carbocycles. The predicted octanol–water partition coefficient (Wildman–Crippen LogP) is 1.39. The third-order valence-corrected chi connectivity index (χ3v) is 2.71. The van der Waals surface area contributed by atoms with Crippen LogP contribution < -0.4 is 10.1 Å². The van der Waals surface area contributed by atoms with Crippen molar-refractivity contribution in [2.45, 2.75) is 6.42 Å². The quantitative estimate of drug-likeness (QED) is 0.633. The smallest absolute Gasteiger partial charge is 0.292 e. The van der Waals surface area contributed by atoms with E-state index in [1.165, 1.54) is 13.2 Å². The van der Waals surface area contributed by atoms with Crippen molar-refractivity contribution in [2.24, 2.45) is 7.05 Å². The van der Waals surface area contributed by atoms with Crippen LogP contribution in [0.5, 0.6) is 5.75 Å². The summed E-state index contributed by atoms with van der Waals surface area (Å²) in [6.07, 6.45) is 2.19. The summed E-state index contributed by atoms with van der Waals surface area (Å²) in [4.78, 5) is 14.6. The van der Waals surface area contributed by atoms with Gasteiger partial charge >= 0.3 is 0 Å². The average molecular weight is 277 g/mol. The zero-order valence-electron chi connectivity index (χ0n) is 11.2. The van der Waals surface area contributed by atoms with Crippen molar-refractivity contribution in [3.8, 4) is 5.75 Å². The minimum Gasteiger partial charge on any atom is -0.497 e. The standard InChI is InChI=1S/C12H15N5O3/c1-16-8-14-12(15-16)5-6-13-10-7-9(20-2)3-4-11(10)17(18)19/h3-4,7-8,13H,5-6H2,1-2H3. The Labute approximate surface area is 115 Å². The second-order valence-corrected chi connectivity index (χ2v) is 4.15. The van der Waals surface area contributed by atoms with E-state index in [9.17, 15) is 10.1 Å². The number of rotatable bonds is 6. The molecule has 8 heteroatoms. The van der Waals surface area contributed by atoms with Crippen LogP contribution in [0.2, 0.25) is 0 Å². The minimum atomic E-state index is -0.430. The van der Waals surface area contributed by atoms with Gasteiger partial charge < -0.3 is 10.1 Å². The molecule has 0 aliphatic rings. The van der Waals surface area contributed by atoms with Crippen molar-refractivity contribution in [3.63, 3.8) is 0 Å². The van der Waals surface area contributed by atoms with E-state index < -0.39 is 4.92 Å². The van der Waals surface area contributed by atoms with Crippen LogP contribution >= 0.6 is 0 Å². The molecule has 0 fully saturated rings. The van der Waals surface area contributed by atoms with Crippen molar-refractivity contribution < 1.29 is 9.66 Å². The highest BCUT2D eigenvalue weighted by Gasteiger charge is 2.14. The SMILES string of the molecule is COc1ccc([N+](=O)[O-])c(NCCc2ncn(C)n2)c1. The van der Waals surface area contributed by atoms with Crippen LogP contribution in [0.25, 0.3) is 0 Å². The van der Waals surface area contributed by atoms with Crippen LogP contribution in [0.3, 0.4) is 0 Å². The highest BCUT2D eigenvalue weighted by molar-refractivity contribution is 5.64. The summed E-state index contributed by atoms with van der Waals surface area (Å²) in [5, 5.41) is 18.1. The lowest BCUT2D eigenvalue weighted by Gasteiger charge is -2.07. The van der Waals surface area contributed by atoms with Gasteiger partial charge in [-0.3, -0.25) is 14.8 Å². The first-order valence-electron chi connectivity index (χ1n) is 6.01. The van der Waals surface area contributed by atoms with Gasteiger partial charge in [0.1, 0.15) is 17.8 Å². The summed E-state index contributed by atoms with van der Waals surface area (Å²) < 4.78 is 6.68. The molecule has 0 amide bonds. The van der Waals surface area contributed by atoms with Crippen LogP contribution in [-0.4, -0.2) is 33.3 Å². The van der Waals surface area contributed by atoms with E-state index in [0.29, 0.717) is 30.2 Å². The summed E-state index contributed by atoms with van der Waals surface area (Å²) in [6.45, 7) is 0.498. The highest BCUT2D eigenvalue weighted by atomic mass is 16.6. The number of anilines is 1. The van der Waals surface area contributed by atoms with Gasteiger partial charge in [0.2, 0.25) is 0 Å². The highest BCUT2D eigenvalue weighted by Crippen LogP contribution is 2.28. The fourth-order valence-electron chi connectivity index (χ4n) is 1.75. The molecule has 0 aliphatic heterocycles. The van der Waals surface area contributed by atoms with Crippen LogP contribution in [0, 0.1) is 10.1 Å². The van der Waals surface area contributed by atoms with E-state index in [1.54, 1.807) is 30.2 Å². The normalized spacial score (nSPS) is 10.3. The molecule has 0 bridgehead atoms. The molecule has 1 heterocycles. The molecule has 1 aromatic heterocycles. The van der Waals surface area contributed by atoms with Gasteiger partial charge in [0.15, 0.2) is 5.82 Å². The maximum absolute atomic E-state index is 11.0. The number of aromatic nitrogens is 3. The van der Waals surface area contributed by atoms with Gasteiger partial charge in [0, 0.05) is 32.1 Å². The topological polar surface area (TPSA) is 95.1 Å². The van der Waals surface area contributed by atoms with Gasteiger partial charge in [-0.1, -0.05) is 0 Å². The number of hydrogen-bond donors (Lipinski definition) is 1. The van der Waals surface area contributed by atoms with Gasteiger partial charge in [0.25, 0.3) is 5.69 Å². The molecule has 0 atom stereocenters. The second-order valence-electron chi connectivity index (χ2n) is 4.15. The Balaban J connectivity index is 2.05. The lowest BCUT2D eigenvalue weighted by molar-refractivity contribution is -0.384. The first-order valence-corrected chi connectivity index (χ1v) is 6.01. The van der Waals surface area contributed by atoms with Crippen molar-refractivity contribution in [3.05, 3.63) is 40.5 Å². The Kier molecular flexibility index (Phi) is 4.14. The van der Waals surface area contributed by atoms with E-state index in [1.807, 2.05) is 0 Å². The molecule has 0 radical (unpaired) electrons. The molecule has 2 aromatic rings. The summed E-state index contributed by atoms with van der Waals surface area (Å²) in [5.41, 5.74) is 0.435. The molecule has 8 nitrogen and oxygen atoms in total. The summed E-state index contributed by atoms with van der Waals surface area (Å²) >= 11 is 0. The Morgan fingerprint density at radius 2 is 2.30 bits per heavy atom. The van der Waals surface area contributed by atoms with Crippen molar-refractivity contribution in [2.75, 3.05) is 19.0 Å². The largest absolute Gasteiger partial charge is 0.497 e. The number of ether oxygens (including phenoxy) is 1. The Morgan fingerprint density at radius 3 is 2.90 bits per heavy atom. The van der Waals surface area contributed by atoms with Gasteiger partial charge in [-0.05, 0) is 6.07 Å². The van der Waals surface area contributed by atoms with Gasteiger partial charge in [0.05, 0.1) is 12.0 Å². The number of nitro benzene ring substituents is 1. The lowest BCUT2D eigenvalue weighted by Crippen LogP contribution is -2.08. The third-order valence-electron chi connectivity index (χ3n) is 2.71. The summed E-state index contributed by atoms with van der Waals surface area (Å²) in [6, 6.07) is 4.58. The third kappa shape index (κ3) is 3.22. The van der Waals surface area contributed by atoms with E-state index in [4.69, 9.17) is 4.74 Å². The van der Waals surface area contributed by atoms with Crippen molar-refractivity contribution in [1.29, 1.82) is 0 Å². The molecular formula is C12H15N5O3. The summed E-state index contributed by atoms with van der Waals surface area (Å²) in [5.74, 6) is 1.25. The van der Waals surface area contributed by atoms with Gasteiger partial charge in [-0.15, -0.1) is 0 Å². The zero-order chi connectivity index (χ0) is 14.5. The molecule has 1 N–H and O–H groups in total. The maximum atomic E-state index is 11.0. The molecular weight excluding hydrogens is 262 g/mol. The predicted molar refractivity (Wildman–Crippen MR) is 72.8 cm³/mol. The Morgan fingerprint density at radius 1 is 1.50 bits per heavy atom. The molecule has 106 valence electrons. The molecule has 2 rings (SSSR count). The average Bonchev–Trinajstić information content (AvgIpc) is 2.84. The van der Waals surface area contributed by atoms with Crippen LogP contribution in [0.15, 0.2) is 24.5 Å². The number of aryl methyl sites for hydroxylation is 1. The van der Waals surface area contributed by atoms with Crippen molar-refractivity contribution >= 4 is 11.4 Å². The van der Waals surface area contributed by atoms with Crippen LogP contribution in [0.4, 0.5) is 11.4 Å². The summed E-state index contributed by atoms with van der Waals surface area (Å²) in [7, 11) is 3.31. The van der Waals surface area contributed by atoms with E-state index in [0.717, 1.165) is 0 Å². The number of methoxy groups -OCH3 is 1. The van der Waals surface area contributed by atoms with E-state index in [2.05, 4.69) is 15.4 Å². The van der Waals surface area contributed by atoms with Gasteiger partial charge in [-0.2, -0.15) is 5.10 Å². The second kappa shape index (κ2) is 6.00. The zero-order valence-corrected chi connectivity index (χ0v) is 11.2. The number of benzene rings is 1. The van der Waals surface area contributed by atoms with Crippen LogP contribution in [0.1, 0.15) is 5.82 Å². The first kappa shape index (κ1) is 13.8. The Hall–Kier alpha value is -2.64. The maximum Gasteiger partial charge on any atom is 0.292 e. The van der Waals surface area contributed by atoms with E-state index >= 15 is 0 Å². The molecule has 1 aromatic carbocycles. The van der Waals surface area contributed by atoms with E-state index in [-0.39, 0.29) is 5.69 Å². The molecule has 20 heavy (non-hydrogen) atoms. The van der Waals surface area contributed by atoms with Gasteiger partial charge in [-0.25, -0.2) is 4.98 Å².